The quantitative estimate of drug-likeness (QED) is 0.710. The lowest BCUT2D eigenvalue weighted by molar-refractivity contribution is 0.596. The van der Waals surface area contributed by atoms with E-state index in [0.29, 0.717) is 0 Å². The van der Waals surface area contributed by atoms with Crippen LogP contribution in [0.25, 0.3) is 5.65 Å². The predicted octanol–water partition coefficient (Wildman–Crippen LogP) is 4.00. The first-order valence-corrected chi connectivity index (χ1v) is 8.89. The Morgan fingerprint density at radius 2 is 2.05 bits per heavy atom. The second-order valence-corrected chi connectivity index (χ2v) is 6.35. The van der Waals surface area contributed by atoms with E-state index in [2.05, 4.69) is 16.6 Å². The summed E-state index contributed by atoms with van der Waals surface area (Å²) in [6.45, 7) is 1.89. The van der Waals surface area contributed by atoms with E-state index in [1.54, 1.807) is 0 Å². The Kier molecular flexibility index (Phi) is 6.70. The molecule has 0 aliphatic heterocycles. The normalized spacial score (nSPS) is 11.3. The molecular formula is C15H22ClN3S. The van der Waals surface area contributed by atoms with Gasteiger partial charge < -0.3 is 9.72 Å². The van der Waals surface area contributed by atoms with E-state index in [-0.39, 0.29) is 0 Å². The van der Waals surface area contributed by atoms with Crippen LogP contribution in [0.5, 0.6) is 0 Å². The zero-order chi connectivity index (χ0) is 14.2. The molecule has 20 heavy (non-hydrogen) atoms. The molecule has 0 radical (unpaired) electrons. The standard InChI is InChI=1S/C15H22ClN3S/c1-20-9-5-3-2-4-8-17-10-14-12-19-11-13(16)6-7-15(19)18-14/h6-7,11-12,17H,2-5,8-10H2,1H3. The van der Waals surface area contributed by atoms with Crippen LogP contribution < -0.4 is 5.32 Å². The zero-order valence-electron chi connectivity index (χ0n) is 11.9. The van der Waals surface area contributed by atoms with Gasteiger partial charge in [-0.05, 0) is 43.5 Å². The number of aromatic nitrogens is 2. The Balaban J connectivity index is 1.65. The molecule has 2 rings (SSSR count). The van der Waals surface area contributed by atoms with E-state index in [1.165, 1.54) is 31.4 Å². The number of nitrogens with one attached hydrogen (secondary N) is 1. The summed E-state index contributed by atoms with van der Waals surface area (Å²) >= 11 is 7.89. The van der Waals surface area contributed by atoms with E-state index in [0.717, 1.165) is 29.5 Å². The topological polar surface area (TPSA) is 29.3 Å². The molecule has 2 aromatic heterocycles. The molecule has 0 unspecified atom stereocenters. The van der Waals surface area contributed by atoms with Crippen molar-refractivity contribution in [1.29, 1.82) is 0 Å². The Labute approximate surface area is 130 Å². The molecule has 0 amide bonds. The number of pyridine rings is 1. The Morgan fingerprint density at radius 3 is 2.90 bits per heavy atom. The van der Waals surface area contributed by atoms with Crippen molar-refractivity contribution in [3.8, 4) is 0 Å². The van der Waals surface area contributed by atoms with Crippen molar-refractivity contribution in [1.82, 2.24) is 14.7 Å². The number of fused-ring (bicyclic) bond motifs is 1. The molecular weight excluding hydrogens is 290 g/mol. The van der Waals surface area contributed by atoms with Crippen molar-refractivity contribution in [2.45, 2.75) is 32.2 Å². The maximum absolute atomic E-state index is 5.96. The summed E-state index contributed by atoms with van der Waals surface area (Å²) in [5.74, 6) is 1.29. The largest absolute Gasteiger partial charge is 0.311 e. The summed E-state index contributed by atoms with van der Waals surface area (Å²) in [6, 6.07) is 3.81. The van der Waals surface area contributed by atoms with Gasteiger partial charge in [-0.15, -0.1) is 0 Å². The summed E-state index contributed by atoms with van der Waals surface area (Å²) in [5, 5.41) is 4.19. The zero-order valence-corrected chi connectivity index (χ0v) is 13.5. The van der Waals surface area contributed by atoms with Gasteiger partial charge in [0.1, 0.15) is 5.65 Å². The van der Waals surface area contributed by atoms with Crippen LogP contribution in [0.15, 0.2) is 24.5 Å². The van der Waals surface area contributed by atoms with E-state index in [4.69, 9.17) is 11.6 Å². The highest BCUT2D eigenvalue weighted by Crippen LogP contribution is 2.11. The maximum atomic E-state index is 5.96. The molecule has 0 aliphatic rings. The predicted molar refractivity (Wildman–Crippen MR) is 88.8 cm³/mol. The van der Waals surface area contributed by atoms with Gasteiger partial charge in [-0.3, -0.25) is 0 Å². The second-order valence-electron chi connectivity index (χ2n) is 4.93. The van der Waals surface area contributed by atoms with Gasteiger partial charge in [0.15, 0.2) is 0 Å². The van der Waals surface area contributed by atoms with E-state index in [1.807, 2.05) is 40.7 Å². The Bertz CT molecular complexity index is 527. The molecule has 0 bridgehead atoms. The molecule has 110 valence electrons. The number of hydrogen-bond acceptors (Lipinski definition) is 3. The third-order valence-corrected chi connectivity index (χ3v) is 4.14. The van der Waals surface area contributed by atoms with Crippen LogP contribution in [-0.4, -0.2) is 27.9 Å². The molecule has 1 N–H and O–H groups in total. The summed E-state index contributed by atoms with van der Waals surface area (Å²) in [4.78, 5) is 4.55. The fraction of sp³-hybridized carbons (Fsp3) is 0.533. The number of nitrogens with zero attached hydrogens (tertiary/aromatic N) is 2. The fourth-order valence-electron chi connectivity index (χ4n) is 2.17. The minimum Gasteiger partial charge on any atom is -0.311 e. The van der Waals surface area contributed by atoms with Crippen molar-refractivity contribution >= 4 is 29.0 Å². The van der Waals surface area contributed by atoms with Crippen molar-refractivity contribution in [2.24, 2.45) is 0 Å². The highest BCUT2D eigenvalue weighted by molar-refractivity contribution is 7.98. The van der Waals surface area contributed by atoms with Crippen molar-refractivity contribution in [3.05, 3.63) is 35.2 Å². The molecule has 0 spiro atoms. The fourth-order valence-corrected chi connectivity index (χ4v) is 2.83. The minimum absolute atomic E-state index is 0.736. The van der Waals surface area contributed by atoms with E-state index < -0.39 is 0 Å². The molecule has 0 saturated heterocycles. The second kappa shape index (κ2) is 8.55. The van der Waals surface area contributed by atoms with Gasteiger partial charge in [0.05, 0.1) is 10.7 Å². The molecule has 0 aromatic carbocycles. The number of rotatable bonds is 9. The number of unbranched alkanes of at least 4 members (excludes halogenated alkanes) is 3. The smallest absolute Gasteiger partial charge is 0.137 e. The molecule has 0 aliphatic carbocycles. The van der Waals surface area contributed by atoms with Gasteiger partial charge in [0.25, 0.3) is 0 Å². The lowest BCUT2D eigenvalue weighted by Gasteiger charge is -2.02. The van der Waals surface area contributed by atoms with Gasteiger partial charge in [-0.25, -0.2) is 4.98 Å². The minimum atomic E-state index is 0.736. The summed E-state index contributed by atoms with van der Waals surface area (Å²) in [5.41, 5.74) is 2.01. The molecule has 0 atom stereocenters. The monoisotopic (exact) mass is 311 g/mol. The third-order valence-electron chi connectivity index (χ3n) is 3.22. The van der Waals surface area contributed by atoms with E-state index >= 15 is 0 Å². The average Bonchev–Trinajstić information content (AvgIpc) is 2.83. The Morgan fingerprint density at radius 1 is 1.20 bits per heavy atom. The van der Waals surface area contributed by atoms with Gasteiger partial charge in [0.2, 0.25) is 0 Å². The molecule has 3 nitrogen and oxygen atoms in total. The first-order valence-electron chi connectivity index (χ1n) is 7.12. The van der Waals surface area contributed by atoms with Gasteiger partial charge in [-0.1, -0.05) is 24.4 Å². The molecule has 0 fully saturated rings. The van der Waals surface area contributed by atoms with Crippen molar-refractivity contribution < 1.29 is 0 Å². The molecule has 2 heterocycles. The van der Waals surface area contributed by atoms with Crippen LogP contribution in [0.4, 0.5) is 0 Å². The Hall–Kier alpha value is -0.710. The van der Waals surface area contributed by atoms with Crippen LogP contribution in [0.1, 0.15) is 31.4 Å². The van der Waals surface area contributed by atoms with E-state index in [9.17, 15) is 0 Å². The molecule has 2 aromatic rings. The first-order chi connectivity index (χ1) is 9.79. The van der Waals surface area contributed by atoms with Crippen molar-refractivity contribution in [3.63, 3.8) is 0 Å². The number of imidazole rings is 1. The lowest BCUT2D eigenvalue weighted by Crippen LogP contribution is -2.14. The molecule has 0 saturated carbocycles. The van der Waals surface area contributed by atoms with Gasteiger partial charge in [-0.2, -0.15) is 11.8 Å². The number of halogens is 1. The average molecular weight is 312 g/mol. The summed E-state index contributed by atoms with van der Waals surface area (Å²) in [7, 11) is 0. The summed E-state index contributed by atoms with van der Waals surface area (Å²) < 4.78 is 1.97. The first kappa shape index (κ1) is 15.7. The van der Waals surface area contributed by atoms with Crippen LogP contribution in [-0.2, 0) is 6.54 Å². The van der Waals surface area contributed by atoms with Crippen LogP contribution >= 0.6 is 23.4 Å². The number of thioether (sulfide) groups is 1. The van der Waals surface area contributed by atoms with Crippen LogP contribution in [0.3, 0.4) is 0 Å². The SMILES string of the molecule is CSCCCCCCNCc1cn2cc(Cl)ccc2n1. The van der Waals surface area contributed by atoms with Gasteiger partial charge >= 0.3 is 0 Å². The maximum Gasteiger partial charge on any atom is 0.137 e. The highest BCUT2D eigenvalue weighted by atomic mass is 35.5. The lowest BCUT2D eigenvalue weighted by atomic mass is 10.2. The van der Waals surface area contributed by atoms with Crippen molar-refractivity contribution in [2.75, 3.05) is 18.6 Å². The summed E-state index contributed by atoms with van der Waals surface area (Å²) in [6.07, 6.45) is 11.3. The number of hydrogen-bond donors (Lipinski definition) is 1. The highest BCUT2D eigenvalue weighted by Gasteiger charge is 2.01. The van der Waals surface area contributed by atoms with Crippen LogP contribution in [0.2, 0.25) is 5.02 Å². The third kappa shape index (κ3) is 5.00. The molecule has 5 heteroatoms. The van der Waals surface area contributed by atoms with Crippen LogP contribution in [0, 0.1) is 0 Å². The van der Waals surface area contributed by atoms with Gasteiger partial charge in [0, 0.05) is 18.9 Å².